The lowest BCUT2D eigenvalue weighted by atomic mass is 9.98. The standard InChI is InChI=1S/C11H20FNO2/c1-8-5-6-13(7-9(8)12)10(14)15-11(2,3)4/h8-9H,5-7H2,1-4H3/t8-,9+/m1/s1. The van der Waals surface area contributed by atoms with Crippen LogP contribution in [0.2, 0.25) is 0 Å². The van der Waals surface area contributed by atoms with E-state index in [2.05, 4.69) is 0 Å². The Bertz CT molecular complexity index is 237. The third kappa shape index (κ3) is 3.68. The van der Waals surface area contributed by atoms with Gasteiger partial charge in [-0.25, -0.2) is 9.18 Å². The number of amides is 1. The van der Waals surface area contributed by atoms with Crippen molar-refractivity contribution < 1.29 is 13.9 Å². The molecule has 3 nitrogen and oxygen atoms in total. The van der Waals surface area contributed by atoms with Crippen LogP contribution in [0.5, 0.6) is 0 Å². The van der Waals surface area contributed by atoms with Crippen LogP contribution >= 0.6 is 0 Å². The number of piperidine rings is 1. The summed E-state index contributed by atoms with van der Waals surface area (Å²) >= 11 is 0. The highest BCUT2D eigenvalue weighted by molar-refractivity contribution is 5.68. The van der Waals surface area contributed by atoms with E-state index in [-0.39, 0.29) is 12.5 Å². The molecule has 1 saturated heterocycles. The molecule has 1 rings (SSSR count). The zero-order valence-electron chi connectivity index (χ0n) is 9.92. The van der Waals surface area contributed by atoms with Crippen molar-refractivity contribution in [2.45, 2.75) is 45.9 Å². The van der Waals surface area contributed by atoms with E-state index in [0.29, 0.717) is 13.0 Å². The summed E-state index contributed by atoms with van der Waals surface area (Å²) in [5.74, 6) is 0.0451. The molecule has 0 bridgehead atoms. The van der Waals surface area contributed by atoms with Crippen molar-refractivity contribution in [2.75, 3.05) is 13.1 Å². The number of carbonyl (C=O) groups is 1. The van der Waals surface area contributed by atoms with Gasteiger partial charge < -0.3 is 9.64 Å². The molecule has 0 N–H and O–H groups in total. The van der Waals surface area contributed by atoms with E-state index in [4.69, 9.17) is 4.74 Å². The fourth-order valence-electron chi connectivity index (χ4n) is 1.51. The van der Waals surface area contributed by atoms with Crippen LogP contribution in [-0.2, 0) is 4.74 Å². The Morgan fingerprint density at radius 1 is 1.47 bits per heavy atom. The van der Waals surface area contributed by atoms with E-state index in [0.717, 1.165) is 0 Å². The third-order valence-electron chi connectivity index (χ3n) is 2.52. The maximum absolute atomic E-state index is 13.4. The number of hydrogen-bond donors (Lipinski definition) is 0. The van der Waals surface area contributed by atoms with Gasteiger partial charge in [0.2, 0.25) is 0 Å². The largest absolute Gasteiger partial charge is 0.444 e. The molecule has 0 aromatic rings. The average Bonchev–Trinajstić information content (AvgIpc) is 2.06. The van der Waals surface area contributed by atoms with Crippen LogP contribution < -0.4 is 0 Å². The Kier molecular flexibility index (Phi) is 3.58. The SMILES string of the molecule is C[C@@H]1CCN(C(=O)OC(C)(C)C)C[C@@H]1F. The van der Waals surface area contributed by atoms with Gasteiger partial charge in [-0.1, -0.05) is 6.92 Å². The molecule has 0 radical (unpaired) electrons. The molecule has 1 fully saturated rings. The monoisotopic (exact) mass is 217 g/mol. The summed E-state index contributed by atoms with van der Waals surface area (Å²) < 4.78 is 18.6. The predicted octanol–water partition coefficient (Wildman–Crippen LogP) is 2.60. The van der Waals surface area contributed by atoms with E-state index in [1.54, 1.807) is 0 Å². The first-order valence-electron chi connectivity index (χ1n) is 5.41. The Morgan fingerprint density at radius 3 is 2.53 bits per heavy atom. The van der Waals surface area contributed by atoms with Gasteiger partial charge in [0.25, 0.3) is 0 Å². The van der Waals surface area contributed by atoms with Crippen molar-refractivity contribution in [2.24, 2.45) is 5.92 Å². The molecule has 0 aromatic heterocycles. The highest BCUT2D eigenvalue weighted by atomic mass is 19.1. The first kappa shape index (κ1) is 12.3. The van der Waals surface area contributed by atoms with Gasteiger partial charge in [-0.05, 0) is 33.1 Å². The Morgan fingerprint density at radius 2 is 2.07 bits per heavy atom. The van der Waals surface area contributed by atoms with Crippen LogP contribution in [0.15, 0.2) is 0 Å². The molecule has 0 aromatic carbocycles. The molecule has 15 heavy (non-hydrogen) atoms. The summed E-state index contributed by atoms with van der Waals surface area (Å²) in [4.78, 5) is 13.1. The lowest BCUT2D eigenvalue weighted by Crippen LogP contribution is -2.46. The Labute approximate surface area is 90.6 Å². The topological polar surface area (TPSA) is 29.5 Å². The summed E-state index contributed by atoms with van der Waals surface area (Å²) in [7, 11) is 0. The number of hydrogen-bond acceptors (Lipinski definition) is 2. The minimum absolute atomic E-state index is 0.0451. The summed E-state index contributed by atoms with van der Waals surface area (Å²) in [6.07, 6.45) is -0.622. The number of ether oxygens (including phenoxy) is 1. The zero-order chi connectivity index (χ0) is 11.6. The van der Waals surface area contributed by atoms with Crippen molar-refractivity contribution >= 4 is 6.09 Å². The number of likely N-dealkylation sites (tertiary alicyclic amines) is 1. The van der Waals surface area contributed by atoms with Crippen LogP contribution in [-0.4, -0.2) is 35.9 Å². The van der Waals surface area contributed by atoms with Gasteiger partial charge in [0.05, 0.1) is 6.54 Å². The third-order valence-corrected chi connectivity index (χ3v) is 2.52. The number of alkyl halides is 1. The lowest BCUT2D eigenvalue weighted by Gasteiger charge is -2.34. The number of halogens is 1. The van der Waals surface area contributed by atoms with Gasteiger partial charge in [-0.3, -0.25) is 0 Å². The lowest BCUT2D eigenvalue weighted by molar-refractivity contribution is 0.00709. The quantitative estimate of drug-likeness (QED) is 0.624. The Hall–Kier alpha value is -0.800. The highest BCUT2D eigenvalue weighted by Crippen LogP contribution is 2.21. The first-order valence-corrected chi connectivity index (χ1v) is 5.41. The summed E-state index contributed by atoms with van der Waals surface area (Å²) in [5.41, 5.74) is -0.508. The van der Waals surface area contributed by atoms with Gasteiger partial charge in [0, 0.05) is 6.54 Å². The summed E-state index contributed by atoms with van der Waals surface area (Å²) in [5, 5.41) is 0. The first-order chi connectivity index (χ1) is 6.79. The second-order valence-corrected chi connectivity index (χ2v) is 5.21. The fourth-order valence-corrected chi connectivity index (χ4v) is 1.51. The molecule has 0 saturated carbocycles. The average molecular weight is 217 g/mol. The second kappa shape index (κ2) is 4.37. The van der Waals surface area contributed by atoms with Gasteiger partial charge in [0.1, 0.15) is 11.8 Å². The molecule has 88 valence electrons. The van der Waals surface area contributed by atoms with Crippen molar-refractivity contribution in [3.05, 3.63) is 0 Å². The molecule has 1 heterocycles. The molecule has 1 aliphatic rings. The molecular weight excluding hydrogens is 197 g/mol. The molecule has 4 heteroatoms. The van der Waals surface area contributed by atoms with E-state index in [1.165, 1.54) is 4.90 Å². The highest BCUT2D eigenvalue weighted by Gasteiger charge is 2.31. The molecular formula is C11H20FNO2. The van der Waals surface area contributed by atoms with E-state index in [1.807, 2.05) is 27.7 Å². The van der Waals surface area contributed by atoms with Crippen LogP contribution in [0.1, 0.15) is 34.1 Å². The zero-order valence-corrected chi connectivity index (χ0v) is 9.92. The molecule has 0 aliphatic carbocycles. The fraction of sp³-hybridized carbons (Fsp3) is 0.909. The molecule has 0 unspecified atom stereocenters. The summed E-state index contributed by atoms with van der Waals surface area (Å²) in [6, 6.07) is 0. The van der Waals surface area contributed by atoms with Crippen LogP contribution in [0.3, 0.4) is 0 Å². The predicted molar refractivity (Wildman–Crippen MR) is 56.5 cm³/mol. The van der Waals surface area contributed by atoms with Gasteiger partial charge in [-0.15, -0.1) is 0 Å². The van der Waals surface area contributed by atoms with Gasteiger partial charge in [-0.2, -0.15) is 0 Å². The Balaban J connectivity index is 2.48. The van der Waals surface area contributed by atoms with Crippen molar-refractivity contribution in [3.63, 3.8) is 0 Å². The molecule has 0 spiro atoms. The van der Waals surface area contributed by atoms with Crippen LogP contribution in [0.25, 0.3) is 0 Å². The van der Waals surface area contributed by atoms with Gasteiger partial charge in [0.15, 0.2) is 0 Å². The van der Waals surface area contributed by atoms with Crippen LogP contribution in [0.4, 0.5) is 9.18 Å². The van der Waals surface area contributed by atoms with Crippen molar-refractivity contribution in [1.29, 1.82) is 0 Å². The number of carbonyl (C=O) groups excluding carboxylic acids is 1. The number of rotatable bonds is 0. The van der Waals surface area contributed by atoms with E-state index in [9.17, 15) is 9.18 Å². The maximum atomic E-state index is 13.4. The molecule has 1 aliphatic heterocycles. The van der Waals surface area contributed by atoms with E-state index < -0.39 is 17.9 Å². The van der Waals surface area contributed by atoms with E-state index >= 15 is 0 Å². The smallest absolute Gasteiger partial charge is 0.410 e. The molecule has 1 amide bonds. The van der Waals surface area contributed by atoms with Gasteiger partial charge >= 0.3 is 6.09 Å². The normalized spacial score (nSPS) is 27.7. The van der Waals surface area contributed by atoms with Crippen molar-refractivity contribution in [3.8, 4) is 0 Å². The van der Waals surface area contributed by atoms with Crippen LogP contribution in [0, 0.1) is 5.92 Å². The minimum atomic E-state index is -0.925. The maximum Gasteiger partial charge on any atom is 0.410 e. The summed E-state index contributed by atoms with van der Waals surface area (Å²) in [6.45, 7) is 8.06. The van der Waals surface area contributed by atoms with Crippen molar-refractivity contribution in [1.82, 2.24) is 4.90 Å². The molecule has 2 atom stereocenters. The second-order valence-electron chi connectivity index (χ2n) is 5.21. The minimum Gasteiger partial charge on any atom is -0.444 e. The number of nitrogens with zero attached hydrogens (tertiary/aromatic N) is 1.